The van der Waals surface area contributed by atoms with Gasteiger partial charge in [-0.3, -0.25) is 4.57 Å². The van der Waals surface area contributed by atoms with Gasteiger partial charge in [-0.2, -0.15) is 4.98 Å². The summed E-state index contributed by atoms with van der Waals surface area (Å²) in [4.78, 5) is 11.0. The van der Waals surface area contributed by atoms with E-state index in [0.717, 1.165) is 16.8 Å². The van der Waals surface area contributed by atoms with Gasteiger partial charge in [-0.05, 0) is 42.8 Å². The Labute approximate surface area is 165 Å². The van der Waals surface area contributed by atoms with Gasteiger partial charge in [-0.1, -0.05) is 48.5 Å². The highest BCUT2D eigenvalue weighted by atomic mass is 32.1. The van der Waals surface area contributed by atoms with Gasteiger partial charge in [0, 0.05) is 13.6 Å². The van der Waals surface area contributed by atoms with Crippen LogP contribution in [0.15, 0.2) is 54.9 Å². The average molecular weight is 381 g/mol. The van der Waals surface area contributed by atoms with Crippen molar-refractivity contribution in [2.75, 3.05) is 25.1 Å². The lowest BCUT2D eigenvalue weighted by molar-refractivity contribution is 0.127. The first-order valence-electron chi connectivity index (χ1n) is 8.91. The van der Waals surface area contributed by atoms with E-state index >= 15 is 0 Å². The van der Waals surface area contributed by atoms with Crippen molar-refractivity contribution in [1.82, 2.24) is 14.5 Å². The Bertz CT molecular complexity index is 936. The van der Waals surface area contributed by atoms with Crippen LogP contribution in [0.5, 0.6) is 0 Å². The van der Waals surface area contributed by atoms with E-state index < -0.39 is 0 Å². The molecule has 140 valence electrons. The van der Waals surface area contributed by atoms with Gasteiger partial charge in [0.2, 0.25) is 10.7 Å². The molecule has 3 aromatic rings. The van der Waals surface area contributed by atoms with E-state index in [1.165, 1.54) is 5.56 Å². The minimum absolute atomic E-state index is 0.495. The second-order valence-electron chi connectivity index (χ2n) is 6.51. The number of hydrogen-bond donors (Lipinski definition) is 0. The first kappa shape index (κ1) is 19.2. The van der Waals surface area contributed by atoms with Gasteiger partial charge in [0.1, 0.15) is 6.33 Å². The normalized spacial score (nSPS) is 10.8. The van der Waals surface area contributed by atoms with Crippen molar-refractivity contribution >= 4 is 18.2 Å². The molecule has 0 aliphatic carbocycles. The first-order chi connectivity index (χ1) is 13.1. The monoisotopic (exact) mass is 380 g/mol. The van der Waals surface area contributed by atoms with Crippen molar-refractivity contribution in [3.8, 4) is 5.69 Å². The van der Waals surface area contributed by atoms with Gasteiger partial charge in [-0.25, -0.2) is 4.98 Å². The number of aryl methyl sites for hydroxylation is 2. The van der Waals surface area contributed by atoms with Crippen LogP contribution in [0.4, 0.5) is 5.95 Å². The standard InChI is InChI=1S/C21H24N4OS/c1-16-8-7-9-17(2)19(16)25-15-22-20(23-21(25)27)24(3)12-13-26-14-18-10-5-4-6-11-18/h4-11,15H,12-14H2,1-3H3. The summed E-state index contributed by atoms with van der Waals surface area (Å²) in [6.07, 6.45) is 1.75. The summed E-state index contributed by atoms with van der Waals surface area (Å²) in [5.41, 5.74) is 4.50. The lowest BCUT2D eigenvalue weighted by atomic mass is 10.1. The summed E-state index contributed by atoms with van der Waals surface area (Å²) in [6, 6.07) is 16.3. The van der Waals surface area contributed by atoms with E-state index in [2.05, 4.69) is 48.1 Å². The lowest BCUT2D eigenvalue weighted by Gasteiger charge is -2.18. The molecule has 0 saturated heterocycles. The highest BCUT2D eigenvalue weighted by Crippen LogP contribution is 2.19. The van der Waals surface area contributed by atoms with Crippen LogP contribution in [0, 0.1) is 18.6 Å². The van der Waals surface area contributed by atoms with E-state index in [1.54, 1.807) is 6.33 Å². The number of rotatable bonds is 7. The van der Waals surface area contributed by atoms with Gasteiger partial charge >= 0.3 is 0 Å². The largest absolute Gasteiger partial charge is 0.375 e. The fraction of sp³-hybridized carbons (Fsp3) is 0.286. The number of anilines is 1. The second-order valence-corrected chi connectivity index (χ2v) is 6.87. The van der Waals surface area contributed by atoms with Gasteiger partial charge in [-0.15, -0.1) is 0 Å². The first-order valence-corrected chi connectivity index (χ1v) is 9.32. The molecule has 0 N–H and O–H groups in total. The summed E-state index contributed by atoms with van der Waals surface area (Å²) in [7, 11) is 1.94. The van der Waals surface area contributed by atoms with Gasteiger partial charge in [0.05, 0.1) is 18.9 Å². The maximum atomic E-state index is 5.74. The third-order valence-corrected chi connectivity index (χ3v) is 4.68. The predicted molar refractivity (Wildman–Crippen MR) is 111 cm³/mol. The molecule has 0 aliphatic heterocycles. The average Bonchev–Trinajstić information content (AvgIpc) is 2.67. The zero-order valence-electron chi connectivity index (χ0n) is 15.9. The molecule has 0 fully saturated rings. The fourth-order valence-electron chi connectivity index (χ4n) is 2.92. The molecule has 0 spiro atoms. The molecule has 1 heterocycles. The molecule has 2 aromatic carbocycles. The molecule has 0 unspecified atom stereocenters. The van der Waals surface area contributed by atoms with Gasteiger partial charge < -0.3 is 9.64 Å². The van der Waals surface area contributed by atoms with Crippen LogP contribution in [0.2, 0.25) is 0 Å². The van der Waals surface area contributed by atoms with Crippen molar-refractivity contribution < 1.29 is 4.74 Å². The van der Waals surface area contributed by atoms with E-state index in [9.17, 15) is 0 Å². The number of ether oxygens (including phenoxy) is 1. The minimum atomic E-state index is 0.495. The molecule has 3 rings (SSSR count). The Kier molecular flexibility index (Phi) is 6.32. The summed E-state index contributed by atoms with van der Waals surface area (Å²) >= 11 is 5.51. The third kappa shape index (κ3) is 4.78. The van der Waals surface area contributed by atoms with Crippen molar-refractivity contribution in [3.05, 3.63) is 76.3 Å². The van der Waals surface area contributed by atoms with Crippen LogP contribution in [-0.4, -0.2) is 34.7 Å². The van der Waals surface area contributed by atoms with Crippen LogP contribution < -0.4 is 4.90 Å². The summed E-state index contributed by atoms with van der Waals surface area (Å²) in [6.45, 7) is 6.01. The van der Waals surface area contributed by atoms with E-state index in [0.29, 0.717) is 30.5 Å². The zero-order chi connectivity index (χ0) is 19.2. The lowest BCUT2D eigenvalue weighted by Crippen LogP contribution is -2.25. The molecular weight excluding hydrogens is 356 g/mol. The summed E-state index contributed by atoms with van der Waals surface area (Å²) < 4.78 is 8.10. The molecule has 1 aromatic heterocycles. The number of para-hydroxylation sites is 1. The molecular formula is C21H24N4OS. The van der Waals surface area contributed by atoms with Crippen LogP contribution >= 0.6 is 12.2 Å². The summed E-state index contributed by atoms with van der Waals surface area (Å²) in [5, 5.41) is 0. The maximum absolute atomic E-state index is 5.74. The number of likely N-dealkylation sites (N-methyl/N-ethyl adjacent to an activating group) is 1. The molecule has 27 heavy (non-hydrogen) atoms. The van der Waals surface area contributed by atoms with Crippen molar-refractivity contribution in [3.63, 3.8) is 0 Å². The number of aromatic nitrogens is 3. The summed E-state index contributed by atoms with van der Waals surface area (Å²) in [5.74, 6) is 0.603. The van der Waals surface area contributed by atoms with E-state index in [1.807, 2.05) is 40.8 Å². The van der Waals surface area contributed by atoms with Crippen LogP contribution in [0.25, 0.3) is 5.69 Å². The molecule has 0 amide bonds. The Balaban J connectivity index is 1.64. The molecule has 0 radical (unpaired) electrons. The molecule has 0 saturated carbocycles. The van der Waals surface area contributed by atoms with Crippen LogP contribution in [0.3, 0.4) is 0 Å². The third-order valence-electron chi connectivity index (χ3n) is 4.39. The smallest absolute Gasteiger partial charge is 0.229 e. The minimum Gasteiger partial charge on any atom is -0.375 e. The molecule has 0 aliphatic rings. The molecule has 0 bridgehead atoms. The Morgan fingerprint density at radius 3 is 2.41 bits per heavy atom. The van der Waals surface area contributed by atoms with Crippen LogP contribution in [-0.2, 0) is 11.3 Å². The van der Waals surface area contributed by atoms with Gasteiger partial charge in [0.25, 0.3) is 0 Å². The quantitative estimate of drug-likeness (QED) is 0.452. The Morgan fingerprint density at radius 1 is 1.04 bits per heavy atom. The SMILES string of the molecule is Cc1cccc(C)c1-n1cnc(N(C)CCOCc2ccccc2)nc1=S. The zero-order valence-corrected chi connectivity index (χ0v) is 16.7. The second kappa shape index (κ2) is 8.88. The Morgan fingerprint density at radius 2 is 1.74 bits per heavy atom. The van der Waals surface area contributed by atoms with Crippen molar-refractivity contribution in [1.29, 1.82) is 0 Å². The molecule has 5 nitrogen and oxygen atoms in total. The molecule has 0 atom stereocenters. The van der Waals surface area contributed by atoms with Crippen molar-refractivity contribution in [2.24, 2.45) is 0 Å². The topological polar surface area (TPSA) is 43.2 Å². The maximum Gasteiger partial charge on any atom is 0.229 e. The van der Waals surface area contributed by atoms with Gasteiger partial charge in [0.15, 0.2) is 0 Å². The number of hydrogen-bond acceptors (Lipinski definition) is 5. The highest BCUT2D eigenvalue weighted by Gasteiger charge is 2.09. The highest BCUT2D eigenvalue weighted by molar-refractivity contribution is 7.71. The van der Waals surface area contributed by atoms with Crippen LogP contribution in [0.1, 0.15) is 16.7 Å². The predicted octanol–water partition coefficient (Wildman–Crippen LogP) is 4.27. The fourth-order valence-corrected chi connectivity index (χ4v) is 3.14. The van der Waals surface area contributed by atoms with Crippen molar-refractivity contribution in [2.45, 2.75) is 20.5 Å². The van der Waals surface area contributed by atoms with E-state index in [4.69, 9.17) is 17.0 Å². The molecule has 6 heteroatoms. The Hall–Kier alpha value is -2.57. The number of benzene rings is 2. The number of nitrogens with zero attached hydrogens (tertiary/aromatic N) is 4. The van der Waals surface area contributed by atoms with E-state index in [-0.39, 0.29) is 0 Å².